The quantitative estimate of drug-likeness (QED) is 0.244. The summed E-state index contributed by atoms with van der Waals surface area (Å²) in [7, 11) is 0. The molecule has 148 valence electrons. The molecule has 0 aliphatic heterocycles. The molecule has 2 aromatic rings. The van der Waals surface area contributed by atoms with E-state index in [0.29, 0.717) is 17.1 Å². The average Bonchev–Trinajstić information content (AvgIpc) is 3.10. The van der Waals surface area contributed by atoms with Crippen molar-refractivity contribution >= 4 is 29.1 Å². The van der Waals surface area contributed by atoms with Gasteiger partial charge < -0.3 is 26.4 Å². The van der Waals surface area contributed by atoms with Crippen LogP contribution in [0.2, 0.25) is 0 Å². The van der Waals surface area contributed by atoms with Gasteiger partial charge in [-0.1, -0.05) is 19.3 Å². The van der Waals surface area contributed by atoms with E-state index in [1.165, 1.54) is 30.2 Å². The fourth-order valence-corrected chi connectivity index (χ4v) is 3.22. The van der Waals surface area contributed by atoms with Crippen LogP contribution < -0.4 is 16.9 Å². The highest BCUT2D eigenvalue weighted by molar-refractivity contribution is 5.83. The van der Waals surface area contributed by atoms with Gasteiger partial charge in [-0.25, -0.2) is 10.4 Å². The van der Waals surface area contributed by atoms with Gasteiger partial charge in [0.15, 0.2) is 17.7 Å². The number of hydrogen-bond acceptors (Lipinski definition) is 10. The summed E-state index contributed by atoms with van der Waals surface area (Å²) in [6.45, 7) is -0.666. The first-order chi connectivity index (χ1) is 13.1. The largest absolute Gasteiger partial charge is 0.394 e. The lowest BCUT2D eigenvalue weighted by molar-refractivity contribution is -0.0944. The van der Waals surface area contributed by atoms with Crippen molar-refractivity contribution in [2.45, 2.75) is 44.4 Å². The van der Waals surface area contributed by atoms with E-state index < -0.39 is 18.9 Å². The standard InChI is InChI=1S/C16H26N8O3/c17-8-27-15(11(26)7-25)24-9-19-12-13(18)21-16(22-14(12)24)23-20-6-10-4-2-1-3-5-10/h6,9-11,15,25-26H,1-5,7-8,17H2,(H3,18,21,22,23)/b20-6+. The second kappa shape index (κ2) is 9.04. The van der Waals surface area contributed by atoms with E-state index in [0.717, 1.165) is 12.8 Å². The van der Waals surface area contributed by atoms with Crippen LogP contribution in [-0.4, -0.2) is 55.4 Å². The van der Waals surface area contributed by atoms with E-state index in [2.05, 4.69) is 25.5 Å². The van der Waals surface area contributed by atoms with Gasteiger partial charge in [-0.3, -0.25) is 4.57 Å². The molecule has 0 aromatic carbocycles. The molecule has 0 amide bonds. The van der Waals surface area contributed by atoms with Gasteiger partial charge in [0, 0.05) is 6.21 Å². The molecule has 2 atom stereocenters. The number of nitrogens with one attached hydrogen (secondary N) is 1. The summed E-state index contributed by atoms with van der Waals surface area (Å²) in [5.74, 6) is 0.831. The zero-order valence-electron chi connectivity index (χ0n) is 15.0. The van der Waals surface area contributed by atoms with Gasteiger partial charge in [-0.2, -0.15) is 15.1 Å². The number of aliphatic hydroxyl groups is 2. The summed E-state index contributed by atoms with van der Waals surface area (Å²) in [5, 5.41) is 23.5. The SMILES string of the molecule is NCOC(C(O)CO)n1cnc2c(N)nc(N/N=C/C3CCCCC3)nc21. The Kier molecular flexibility index (Phi) is 6.50. The maximum Gasteiger partial charge on any atom is 0.247 e. The van der Waals surface area contributed by atoms with Crippen molar-refractivity contribution in [1.82, 2.24) is 19.5 Å². The van der Waals surface area contributed by atoms with E-state index in [-0.39, 0.29) is 18.5 Å². The second-order valence-electron chi connectivity index (χ2n) is 6.52. The lowest BCUT2D eigenvalue weighted by atomic mass is 9.90. The number of hydrogen-bond donors (Lipinski definition) is 5. The number of rotatable bonds is 8. The van der Waals surface area contributed by atoms with Crippen molar-refractivity contribution in [2.75, 3.05) is 24.5 Å². The third-order valence-corrected chi connectivity index (χ3v) is 4.61. The number of imidazole rings is 1. The van der Waals surface area contributed by atoms with Crippen molar-refractivity contribution in [2.24, 2.45) is 16.8 Å². The monoisotopic (exact) mass is 378 g/mol. The highest BCUT2D eigenvalue weighted by Crippen LogP contribution is 2.24. The normalized spacial score (nSPS) is 18.2. The minimum absolute atomic E-state index is 0.154. The minimum Gasteiger partial charge on any atom is -0.394 e. The van der Waals surface area contributed by atoms with Crippen LogP contribution in [0.15, 0.2) is 11.4 Å². The lowest BCUT2D eigenvalue weighted by Gasteiger charge is -2.22. The molecule has 1 saturated carbocycles. The summed E-state index contributed by atoms with van der Waals surface area (Å²) >= 11 is 0. The maximum absolute atomic E-state index is 10.0. The van der Waals surface area contributed by atoms with Crippen LogP contribution in [0, 0.1) is 5.92 Å². The highest BCUT2D eigenvalue weighted by atomic mass is 16.5. The third-order valence-electron chi connectivity index (χ3n) is 4.61. The first kappa shape index (κ1) is 19.4. The summed E-state index contributed by atoms with van der Waals surface area (Å²) in [5.41, 5.74) is 14.9. The molecular formula is C16H26N8O3. The second-order valence-corrected chi connectivity index (χ2v) is 6.52. The Morgan fingerprint density at radius 2 is 2.15 bits per heavy atom. The predicted molar refractivity (Wildman–Crippen MR) is 101 cm³/mol. The lowest BCUT2D eigenvalue weighted by Crippen LogP contribution is -2.31. The predicted octanol–water partition coefficient (Wildman–Crippen LogP) is 0.171. The number of nitrogen functional groups attached to an aromatic ring is 1. The molecule has 0 saturated heterocycles. The molecule has 11 heteroatoms. The van der Waals surface area contributed by atoms with Crippen LogP contribution in [-0.2, 0) is 4.74 Å². The van der Waals surface area contributed by atoms with Gasteiger partial charge >= 0.3 is 0 Å². The summed E-state index contributed by atoms with van der Waals surface area (Å²) in [6, 6.07) is 0. The number of ether oxygens (including phenoxy) is 1. The third kappa shape index (κ3) is 4.50. The van der Waals surface area contributed by atoms with Crippen LogP contribution in [0.4, 0.5) is 11.8 Å². The van der Waals surface area contributed by atoms with Gasteiger partial charge in [-0.15, -0.1) is 0 Å². The van der Waals surface area contributed by atoms with Gasteiger partial charge in [0.1, 0.15) is 11.6 Å². The van der Waals surface area contributed by atoms with Crippen LogP contribution >= 0.6 is 0 Å². The van der Waals surface area contributed by atoms with Crippen molar-refractivity contribution in [3.8, 4) is 0 Å². The fourth-order valence-electron chi connectivity index (χ4n) is 3.22. The van der Waals surface area contributed by atoms with E-state index in [9.17, 15) is 10.2 Å². The Balaban J connectivity index is 1.84. The number of aliphatic hydroxyl groups excluding tert-OH is 2. The first-order valence-electron chi connectivity index (χ1n) is 9.04. The van der Waals surface area contributed by atoms with Gasteiger partial charge in [-0.05, 0) is 18.8 Å². The van der Waals surface area contributed by atoms with E-state index in [4.69, 9.17) is 16.2 Å². The van der Waals surface area contributed by atoms with E-state index in [1.807, 2.05) is 6.21 Å². The van der Waals surface area contributed by atoms with Gasteiger partial charge in [0.05, 0.1) is 19.7 Å². The molecule has 1 aliphatic carbocycles. The molecule has 2 aromatic heterocycles. The Bertz CT molecular complexity index is 774. The zero-order chi connectivity index (χ0) is 19.2. The number of anilines is 2. The minimum atomic E-state index is -1.21. The van der Waals surface area contributed by atoms with Gasteiger partial charge in [0.2, 0.25) is 5.95 Å². The smallest absolute Gasteiger partial charge is 0.247 e. The van der Waals surface area contributed by atoms with Crippen LogP contribution in [0.5, 0.6) is 0 Å². The zero-order valence-corrected chi connectivity index (χ0v) is 15.0. The van der Waals surface area contributed by atoms with Crippen LogP contribution in [0.1, 0.15) is 38.3 Å². The molecule has 1 aliphatic rings. The number of aromatic nitrogens is 4. The molecule has 0 spiro atoms. The average molecular weight is 378 g/mol. The summed E-state index contributed by atoms with van der Waals surface area (Å²) in [6.07, 6.45) is 7.13. The van der Waals surface area contributed by atoms with E-state index >= 15 is 0 Å². The molecule has 1 fully saturated rings. The van der Waals surface area contributed by atoms with Crippen LogP contribution in [0.25, 0.3) is 11.2 Å². The topological polar surface area (TPSA) is 170 Å². The Morgan fingerprint density at radius 3 is 2.85 bits per heavy atom. The highest BCUT2D eigenvalue weighted by Gasteiger charge is 2.24. The van der Waals surface area contributed by atoms with Crippen molar-refractivity contribution in [3.05, 3.63) is 6.33 Å². The number of nitrogens with two attached hydrogens (primary N) is 2. The molecule has 11 nitrogen and oxygen atoms in total. The Hall–Kier alpha value is -2.34. The molecule has 0 radical (unpaired) electrons. The summed E-state index contributed by atoms with van der Waals surface area (Å²) < 4.78 is 6.78. The molecule has 3 rings (SSSR count). The Labute approximate surface area is 156 Å². The van der Waals surface area contributed by atoms with Crippen molar-refractivity contribution < 1.29 is 14.9 Å². The van der Waals surface area contributed by atoms with Crippen molar-refractivity contribution in [1.29, 1.82) is 0 Å². The molecular weight excluding hydrogens is 352 g/mol. The molecule has 0 bridgehead atoms. The molecule has 2 heterocycles. The fraction of sp³-hybridized carbons (Fsp3) is 0.625. The van der Waals surface area contributed by atoms with Gasteiger partial charge in [0.25, 0.3) is 0 Å². The maximum atomic E-state index is 10.0. The summed E-state index contributed by atoms with van der Waals surface area (Å²) in [4.78, 5) is 12.7. The molecule has 27 heavy (non-hydrogen) atoms. The number of nitrogens with zero attached hydrogens (tertiary/aromatic N) is 5. The number of fused-ring (bicyclic) bond motifs is 1. The van der Waals surface area contributed by atoms with E-state index in [1.54, 1.807) is 0 Å². The molecule has 2 unspecified atom stereocenters. The Morgan fingerprint density at radius 1 is 1.37 bits per heavy atom. The molecule has 7 N–H and O–H groups in total. The van der Waals surface area contributed by atoms with Crippen molar-refractivity contribution in [3.63, 3.8) is 0 Å². The number of hydrazone groups is 1. The van der Waals surface area contributed by atoms with Crippen LogP contribution in [0.3, 0.4) is 0 Å². The first-order valence-corrected chi connectivity index (χ1v) is 9.04.